The maximum absolute atomic E-state index is 11.8. The van der Waals surface area contributed by atoms with Crippen molar-refractivity contribution in [3.05, 3.63) is 23.8 Å². The summed E-state index contributed by atoms with van der Waals surface area (Å²) in [6.07, 6.45) is 0.966. The molecule has 0 saturated carbocycles. The van der Waals surface area contributed by atoms with Crippen LogP contribution >= 0.6 is 0 Å². The van der Waals surface area contributed by atoms with Crippen LogP contribution < -0.4 is 15.4 Å². The highest BCUT2D eigenvalue weighted by molar-refractivity contribution is 5.93. The van der Waals surface area contributed by atoms with Crippen LogP contribution in [0.5, 0.6) is 5.75 Å². The predicted octanol–water partition coefficient (Wildman–Crippen LogP) is 1.89. The summed E-state index contributed by atoms with van der Waals surface area (Å²) < 4.78 is 5.15. The molecule has 1 rings (SSSR count). The molecule has 19 heavy (non-hydrogen) atoms. The quantitative estimate of drug-likeness (QED) is 0.820. The second kappa shape index (κ2) is 7.39. The van der Waals surface area contributed by atoms with E-state index in [0.717, 1.165) is 6.42 Å². The predicted molar refractivity (Wildman–Crippen MR) is 74.1 cm³/mol. The van der Waals surface area contributed by atoms with Gasteiger partial charge in [0.05, 0.1) is 31.0 Å². The summed E-state index contributed by atoms with van der Waals surface area (Å²) in [7, 11) is 1.50. The number of amides is 1. The lowest BCUT2D eigenvalue weighted by molar-refractivity contribution is -0.115. The number of anilines is 1. The molecule has 0 spiro atoms. The lowest BCUT2D eigenvalue weighted by Gasteiger charge is -2.13. The molecular formula is C14H19N3O2. The minimum absolute atomic E-state index is 0.136. The Hall–Kier alpha value is -2.06. The third-order valence-electron chi connectivity index (χ3n) is 2.83. The molecule has 5 nitrogen and oxygen atoms in total. The van der Waals surface area contributed by atoms with E-state index in [-0.39, 0.29) is 12.5 Å². The lowest BCUT2D eigenvalue weighted by Crippen LogP contribution is -2.34. The van der Waals surface area contributed by atoms with Crippen LogP contribution in [0, 0.1) is 11.3 Å². The minimum atomic E-state index is -0.136. The molecule has 2 N–H and O–H groups in total. The van der Waals surface area contributed by atoms with Gasteiger partial charge in [-0.15, -0.1) is 0 Å². The first-order chi connectivity index (χ1) is 9.10. The largest absolute Gasteiger partial charge is 0.495 e. The van der Waals surface area contributed by atoms with Gasteiger partial charge in [0.15, 0.2) is 0 Å². The molecular weight excluding hydrogens is 242 g/mol. The number of nitrogens with one attached hydrogen (secondary N) is 2. The molecule has 0 fully saturated rings. The number of nitrogens with zero attached hydrogens (tertiary/aromatic N) is 1. The first-order valence-corrected chi connectivity index (χ1v) is 6.22. The second-order valence-electron chi connectivity index (χ2n) is 4.27. The molecule has 1 aromatic carbocycles. The fourth-order valence-electron chi connectivity index (χ4n) is 1.47. The molecule has 5 heteroatoms. The summed E-state index contributed by atoms with van der Waals surface area (Å²) in [6, 6.07) is 7.22. The van der Waals surface area contributed by atoms with Crippen molar-refractivity contribution in [2.24, 2.45) is 0 Å². The Morgan fingerprint density at radius 3 is 2.84 bits per heavy atom. The monoisotopic (exact) mass is 261 g/mol. The van der Waals surface area contributed by atoms with Crippen LogP contribution in [0.25, 0.3) is 0 Å². The molecule has 0 bridgehead atoms. The second-order valence-corrected chi connectivity index (χ2v) is 4.27. The molecule has 0 saturated heterocycles. The van der Waals surface area contributed by atoms with Gasteiger partial charge in [0, 0.05) is 12.1 Å². The van der Waals surface area contributed by atoms with E-state index < -0.39 is 0 Å². The third-order valence-corrected chi connectivity index (χ3v) is 2.83. The van der Waals surface area contributed by atoms with Gasteiger partial charge in [-0.05, 0) is 25.5 Å². The molecule has 1 unspecified atom stereocenters. The summed E-state index contributed by atoms with van der Waals surface area (Å²) in [6.45, 7) is 4.33. The van der Waals surface area contributed by atoms with Gasteiger partial charge in [-0.25, -0.2) is 0 Å². The van der Waals surface area contributed by atoms with Crippen molar-refractivity contribution < 1.29 is 9.53 Å². The summed E-state index contributed by atoms with van der Waals surface area (Å²) in [5, 5.41) is 14.7. The maximum atomic E-state index is 11.8. The van der Waals surface area contributed by atoms with Crippen molar-refractivity contribution in [2.45, 2.75) is 26.3 Å². The van der Waals surface area contributed by atoms with Gasteiger partial charge in [0.2, 0.25) is 5.91 Å². The zero-order valence-corrected chi connectivity index (χ0v) is 11.5. The number of methoxy groups -OCH3 is 1. The fraction of sp³-hybridized carbons (Fsp3) is 0.429. The van der Waals surface area contributed by atoms with E-state index in [0.29, 0.717) is 23.0 Å². The molecule has 102 valence electrons. The standard InChI is InChI=1S/C14H19N3O2/c1-4-10(2)16-9-14(18)17-12-6-5-11(8-15)7-13(12)19-3/h5-7,10,16H,4,9H2,1-3H3,(H,17,18). The number of rotatable bonds is 6. The first-order valence-electron chi connectivity index (χ1n) is 6.22. The molecule has 1 atom stereocenters. The lowest BCUT2D eigenvalue weighted by atomic mass is 10.2. The van der Waals surface area contributed by atoms with Gasteiger partial charge in [-0.3, -0.25) is 4.79 Å². The van der Waals surface area contributed by atoms with Gasteiger partial charge in [0.25, 0.3) is 0 Å². The molecule has 0 heterocycles. The highest BCUT2D eigenvalue weighted by atomic mass is 16.5. The first kappa shape index (κ1) is 15.0. The topological polar surface area (TPSA) is 74.2 Å². The van der Waals surface area contributed by atoms with Gasteiger partial charge >= 0.3 is 0 Å². The van der Waals surface area contributed by atoms with Crippen molar-refractivity contribution in [1.82, 2.24) is 5.32 Å². The van der Waals surface area contributed by atoms with Crippen molar-refractivity contribution in [3.8, 4) is 11.8 Å². The Balaban J connectivity index is 2.66. The smallest absolute Gasteiger partial charge is 0.238 e. The van der Waals surface area contributed by atoms with Crippen LogP contribution in [0.4, 0.5) is 5.69 Å². The summed E-state index contributed by atoms with van der Waals surface area (Å²) in [5.74, 6) is 0.347. The van der Waals surface area contributed by atoms with Crippen LogP contribution in [-0.4, -0.2) is 25.6 Å². The van der Waals surface area contributed by atoms with Crippen molar-refractivity contribution in [1.29, 1.82) is 5.26 Å². The van der Waals surface area contributed by atoms with E-state index in [1.807, 2.05) is 13.0 Å². The molecule has 0 aliphatic carbocycles. The summed E-state index contributed by atoms with van der Waals surface area (Å²) >= 11 is 0. The highest BCUT2D eigenvalue weighted by Gasteiger charge is 2.09. The average molecular weight is 261 g/mol. The zero-order chi connectivity index (χ0) is 14.3. The molecule has 0 aliphatic rings. The molecule has 1 aromatic rings. The molecule has 0 aliphatic heterocycles. The average Bonchev–Trinajstić information content (AvgIpc) is 2.45. The highest BCUT2D eigenvalue weighted by Crippen LogP contribution is 2.25. The minimum Gasteiger partial charge on any atom is -0.495 e. The number of carbonyl (C=O) groups is 1. The van der Waals surface area contributed by atoms with Crippen molar-refractivity contribution in [2.75, 3.05) is 19.0 Å². The van der Waals surface area contributed by atoms with Gasteiger partial charge in [-0.1, -0.05) is 6.92 Å². The fourth-order valence-corrected chi connectivity index (χ4v) is 1.47. The summed E-state index contributed by atoms with van der Waals surface area (Å²) in [5.41, 5.74) is 1.06. The Labute approximate surface area is 113 Å². The number of benzene rings is 1. The molecule has 0 aromatic heterocycles. The van der Waals surface area contributed by atoms with E-state index in [9.17, 15) is 4.79 Å². The van der Waals surface area contributed by atoms with Gasteiger partial charge in [-0.2, -0.15) is 5.26 Å². The van der Waals surface area contributed by atoms with E-state index in [2.05, 4.69) is 17.6 Å². The number of carbonyl (C=O) groups excluding carboxylic acids is 1. The SMILES string of the molecule is CCC(C)NCC(=O)Nc1ccc(C#N)cc1OC. The zero-order valence-electron chi connectivity index (χ0n) is 11.5. The number of ether oxygens (including phenoxy) is 1. The van der Waals surface area contributed by atoms with Crippen LogP contribution in [-0.2, 0) is 4.79 Å². The Morgan fingerprint density at radius 2 is 2.26 bits per heavy atom. The van der Waals surface area contributed by atoms with Crippen molar-refractivity contribution in [3.63, 3.8) is 0 Å². The third kappa shape index (κ3) is 4.60. The Kier molecular flexibility index (Phi) is 5.83. The Morgan fingerprint density at radius 1 is 1.53 bits per heavy atom. The van der Waals surface area contributed by atoms with Gasteiger partial charge < -0.3 is 15.4 Å². The van der Waals surface area contributed by atoms with E-state index in [4.69, 9.17) is 10.00 Å². The maximum Gasteiger partial charge on any atom is 0.238 e. The number of nitriles is 1. The molecule has 1 amide bonds. The van der Waals surface area contributed by atoms with Crippen LogP contribution in [0.3, 0.4) is 0 Å². The van der Waals surface area contributed by atoms with E-state index >= 15 is 0 Å². The van der Waals surface area contributed by atoms with E-state index in [1.165, 1.54) is 7.11 Å². The molecule has 0 radical (unpaired) electrons. The van der Waals surface area contributed by atoms with Crippen molar-refractivity contribution >= 4 is 11.6 Å². The number of hydrogen-bond acceptors (Lipinski definition) is 4. The van der Waals surface area contributed by atoms with E-state index in [1.54, 1.807) is 18.2 Å². The van der Waals surface area contributed by atoms with Gasteiger partial charge in [0.1, 0.15) is 5.75 Å². The normalized spacial score (nSPS) is 11.5. The van der Waals surface area contributed by atoms with Crippen LogP contribution in [0.1, 0.15) is 25.8 Å². The van der Waals surface area contributed by atoms with Crippen LogP contribution in [0.2, 0.25) is 0 Å². The Bertz CT molecular complexity index is 480. The summed E-state index contributed by atoms with van der Waals surface area (Å²) in [4.78, 5) is 11.8. The number of hydrogen-bond donors (Lipinski definition) is 2. The van der Waals surface area contributed by atoms with Crippen LogP contribution in [0.15, 0.2) is 18.2 Å².